The van der Waals surface area contributed by atoms with Crippen LogP contribution in [-0.4, -0.2) is 11.9 Å². The third-order valence-electron chi connectivity index (χ3n) is 3.69. The van der Waals surface area contributed by atoms with Crippen molar-refractivity contribution in [3.63, 3.8) is 0 Å². The summed E-state index contributed by atoms with van der Waals surface area (Å²) < 4.78 is 0. The molecule has 1 N–H and O–H groups in total. The van der Waals surface area contributed by atoms with Crippen LogP contribution < -0.4 is 5.32 Å². The molecule has 98 valence electrons. The molecule has 0 bridgehead atoms. The molecule has 1 aromatic rings. The van der Waals surface area contributed by atoms with E-state index in [0.717, 1.165) is 17.7 Å². The number of benzene rings is 1. The molecule has 1 saturated carbocycles. The molecular weight excluding hydrogens is 242 g/mol. The van der Waals surface area contributed by atoms with Crippen molar-refractivity contribution in [3.05, 3.63) is 29.8 Å². The summed E-state index contributed by atoms with van der Waals surface area (Å²) in [6.07, 6.45) is 4.60. The van der Waals surface area contributed by atoms with Gasteiger partial charge >= 0.3 is 0 Å². The molecular formula is C15H21NOS. The molecule has 1 atom stereocenters. The maximum Gasteiger partial charge on any atom is 0.252 e. The Hall–Kier alpha value is -0.960. The zero-order chi connectivity index (χ0) is 13.2. The smallest absolute Gasteiger partial charge is 0.252 e. The first-order valence-corrected chi connectivity index (χ1v) is 7.01. The van der Waals surface area contributed by atoms with Gasteiger partial charge < -0.3 is 5.32 Å². The van der Waals surface area contributed by atoms with E-state index in [9.17, 15) is 4.79 Å². The second kappa shape index (κ2) is 5.35. The average Bonchev–Trinajstić information content (AvgIpc) is 2.28. The van der Waals surface area contributed by atoms with Crippen LogP contribution in [0.15, 0.2) is 29.2 Å². The molecule has 2 rings (SSSR count). The topological polar surface area (TPSA) is 29.1 Å². The monoisotopic (exact) mass is 263 g/mol. The largest absolute Gasteiger partial charge is 0.349 e. The highest BCUT2D eigenvalue weighted by Gasteiger charge is 2.29. The van der Waals surface area contributed by atoms with Crippen molar-refractivity contribution in [2.75, 3.05) is 0 Å². The second-order valence-electron chi connectivity index (χ2n) is 5.95. The predicted molar refractivity (Wildman–Crippen MR) is 77.2 cm³/mol. The summed E-state index contributed by atoms with van der Waals surface area (Å²) in [5, 5.41) is 3.14. The number of nitrogens with one attached hydrogen (secondary N) is 1. The van der Waals surface area contributed by atoms with Gasteiger partial charge in [-0.2, -0.15) is 0 Å². The fraction of sp³-hybridized carbons (Fsp3) is 0.533. The van der Waals surface area contributed by atoms with Gasteiger partial charge in [-0.05, 0) is 36.8 Å². The van der Waals surface area contributed by atoms with Gasteiger partial charge in [-0.25, -0.2) is 0 Å². The molecule has 3 heteroatoms. The number of carbonyl (C=O) groups excluding carboxylic acids is 1. The first-order valence-electron chi connectivity index (χ1n) is 6.57. The molecule has 18 heavy (non-hydrogen) atoms. The number of thiol groups is 1. The van der Waals surface area contributed by atoms with Crippen LogP contribution in [-0.2, 0) is 0 Å². The fourth-order valence-corrected chi connectivity index (χ4v) is 3.01. The standard InChI is InChI=1S/C15H21NOS/c1-15(2)9-5-6-11(10-15)16-14(17)12-7-3-4-8-13(12)18/h3-4,7-8,11,18H,5-6,9-10H2,1-2H3,(H,16,17). The third kappa shape index (κ3) is 3.29. The molecule has 1 amide bonds. The van der Waals surface area contributed by atoms with Crippen LogP contribution in [0.25, 0.3) is 0 Å². The van der Waals surface area contributed by atoms with Crippen LogP contribution in [0, 0.1) is 5.41 Å². The minimum atomic E-state index is 0.00306. The quantitative estimate of drug-likeness (QED) is 0.783. The summed E-state index contributed by atoms with van der Waals surface area (Å²) >= 11 is 4.33. The first-order chi connectivity index (χ1) is 8.48. The van der Waals surface area contributed by atoms with E-state index in [1.165, 1.54) is 12.8 Å². The Labute approximate surface area is 115 Å². The first kappa shape index (κ1) is 13.5. The molecule has 1 aliphatic rings. The zero-order valence-corrected chi connectivity index (χ0v) is 12.0. The van der Waals surface area contributed by atoms with Crippen molar-refractivity contribution < 1.29 is 4.79 Å². The molecule has 0 aliphatic heterocycles. The lowest BCUT2D eigenvalue weighted by atomic mass is 9.75. The van der Waals surface area contributed by atoms with Crippen molar-refractivity contribution in [1.82, 2.24) is 5.32 Å². The zero-order valence-electron chi connectivity index (χ0n) is 11.1. The lowest BCUT2D eigenvalue weighted by molar-refractivity contribution is 0.0899. The van der Waals surface area contributed by atoms with Crippen molar-refractivity contribution >= 4 is 18.5 Å². The Morgan fingerprint density at radius 3 is 2.78 bits per heavy atom. The Kier molecular flexibility index (Phi) is 4.00. The van der Waals surface area contributed by atoms with Crippen molar-refractivity contribution in [3.8, 4) is 0 Å². The Bertz CT molecular complexity index is 442. The van der Waals surface area contributed by atoms with Gasteiger partial charge in [0.05, 0.1) is 5.56 Å². The molecule has 1 aliphatic carbocycles. The highest BCUT2D eigenvalue weighted by molar-refractivity contribution is 7.80. The van der Waals surface area contributed by atoms with Crippen LogP contribution >= 0.6 is 12.6 Å². The van der Waals surface area contributed by atoms with Crippen LogP contribution in [0.3, 0.4) is 0 Å². The minimum absolute atomic E-state index is 0.00306. The number of hydrogen-bond donors (Lipinski definition) is 2. The van der Waals surface area contributed by atoms with E-state index >= 15 is 0 Å². The van der Waals surface area contributed by atoms with E-state index in [1.54, 1.807) is 0 Å². The van der Waals surface area contributed by atoms with E-state index in [2.05, 4.69) is 31.8 Å². The van der Waals surface area contributed by atoms with Gasteiger partial charge in [0.1, 0.15) is 0 Å². The van der Waals surface area contributed by atoms with E-state index in [4.69, 9.17) is 0 Å². The van der Waals surface area contributed by atoms with Crippen molar-refractivity contribution in [2.24, 2.45) is 5.41 Å². The van der Waals surface area contributed by atoms with Crippen LogP contribution in [0.1, 0.15) is 49.9 Å². The van der Waals surface area contributed by atoms with Crippen molar-refractivity contribution in [2.45, 2.75) is 50.5 Å². The number of carbonyl (C=O) groups is 1. The summed E-state index contributed by atoms with van der Waals surface area (Å²) in [6.45, 7) is 4.55. The molecule has 1 fully saturated rings. The number of hydrogen-bond acceptors (Lipinski definition) is 2. The molecule has 0 radical (unpaired) electrons. The second-order valence-corrected chi connectivity index (χ2v) is 6.43. The van der Waals surface area contributed by atoms with Gasteiger partial charge in [-0.3, -0.25) is 4.79 Å². The normalized spacial score (nSPS) is 22.5. The summed E-state index contributed by atoms with van der Waals surface area (Å²) in [5.41, 5.74) is 1.01. The molecule has 0 heterocycles. The maximum absolute atomic E-state index is 12.2. The molecule has 1 unspecified atom stereocenters. The Morgan fingerprint density at radius 1 is 1.39 bits per heavy atom. The Balaban J connectivity index is 2.02. The molecule has 0 spiro atoms. The Morgan fingerprint density at radius 2 is 2.11 bits per heavy atom. The van der Waals surface area contributed by atoms with E-state index in [-0.39, 0.29) is 5.91 Å². The molecule has 0 saturated heterocycles. The van der Waals surface area contributed by atoms with Gasteiger partial charge in [-0.1, -0.05) is 32.4 Å². The highest BCUT2D eigenvalue weighted by Crippen LogP contribution is 2.35. The van der Waals surface area contributed by atoms with Crippen LogP contribution in [0.2, 0.25) is 0 Å². The lowest BCUT2D eigenvalue weighted by Gasteiger charge is -2.35. The summed E-state index contributed by atoms with van der Waals surface area (Å²) in [4.78, 5) is 12.9. The van der Waals surface area contributed by atoms with Gasteiger partial charge in [0, 0.05) is 10.9 Å². The minimum Gasteiger partial charge on any atom is -0.349 e. The van der Waals surface area contributed by atoms with Crippen LogP contribution in [0.4, 0.5) is 0 Å². The summed E-state index contributed by atoms with van der Waals surface area (Å²) in [7, 11) is 0. The predicted octanol–water partition coefficient (Wildman–Crippen LogP) is 3.67. The lowest BCUT2D eigenvalue weighted by Crippen LogP contribution is -2.40. The van der Waals surface area contributed by atoms with Gasteiger partial charge in [0.2, 0.25) is 0 Å². The third-order valence-corrected chi connectivity index (χ3v) is 4.08. The molecule has 1 aromatic carbocycles. The van der Waals surface area contributed by atoms with Crippen LogP contribution in [0.5, 0.6) is 0 Å². The number of amides is 1. The van der Waals surface area contributed by atoms with Gasteiger partial charge in [0.15, 0.2) is 0 Å². The van der Waals surface area contributed by atoms with E-state index in [0.29, 0.717) is 17.0 Å². The van der Waals surface area contributed by atoms with Gasteiger partial charge in [-0.15, -0.1) is 12.6 Å². The van der Waals surface area contributed by atoms with Gasteiger partial charge in [0.25, 0.3) is 5.91 Å². The number of rotatable bonds is 2. The van der Waals surface area contributed by atoms with Crippen molar-refractivity contribution in [1.29, 1.82) is 0 Å². The molecule has 2 nitrogen and oxygen atoms in total. The molecule has 0 aromatic heterocycles. The SMILES string of the molecule is CC1(C)CCCC(NC(=O)c2ccccc2S)C1. The van der Waals surface area contributed by atoms with E-state index in [1.807, 2.05) is 24.3 Å². The highest BCUT2D eigenvalue weighted by atomic mass is 32.1. The summed E-state index contributed by atoms with van der Waals surface area (Å²) in [5.74, 6) is 0.00306. The summed E-state index contributed by atoms with van der Waals surface area (Å²) in [6, 6.07) is 7.74. The maximum atomic E-state index is 12.2. The average molecular weight is 263 g/mol. The van der Waals surface area contributed by atoms with E-state index < -0.39 is 0 Å². The fourth-order valence-electron chi connectivity index (χ4n) is 2.75.